The number of hydrogen-bond acceptors (Lipinski definition) is 5. The molecule has 18 heavy (non-hydrogen) atoms. The Balaban J connectivity index is 3.04. The van der Waals surface area contributed by atoms with E-state index < -0.39 is 5.97 Å². The molecule has 0 aromatic carbocycles. The van der Waals surface area contributed by atoms with Crippen LogP contribution in [0.3, 0.4) is 0 Å². The molecule has 96 valence electrons. The van der Waals surface area contributed by atoms with Gasteiger partial charge < -0.3 is 4.74 Å². The highest BCUT2D eigenvalue weighted by atomic mass is 35.5. The molecule has 0 bridgehead atoms. The van der Waals surface area contributed by atoms with Gasteiger partial charge in [-0.2, -0.15) is 5.10 Å². The largest absolute Gasteiger partial charge is 0.462 e. The minimum atomic E-state index is -0.561. The van der Waals surface area contributed by atoms with E-state index in [1.807, 2.05) is 0 Å². The van der Waals surface area contributed by atoms with E-state index >= 15 is 0 Å². The number of aromatic nitrogens is 1. The maximum atomic E-state index is 11.7. The number of carbonyl (C=O) groups excluding carboxylic acids is 2. The minimum Gasteiger partial charge on any atom is -0.462 e. The highest BCUT2D eigenvalue weighted by molar-refractivity contribution is 6.34. The summed E-state index contributed by atoms with van der Waals surface area (Å²) in [7, 11) is 0. The van der Waals surface area contributed by atoms with Crippen molar-refractivity contribution in [3.05, 3.63) is 28.5 Å². The summed E-state index contributed by atoms with van der Waals surface area (Å²) in [6.07, 6.45) is 4.03. The van der Waals surface area contributed by atoms with E-state index in [1.165, 1.54) is 25.5 Å². The van der Waals surface area contributed by atoms with Gasteiger partial charge >= 0.3 is 5.97 Å². The first kappa shape index (κ1) is 14.1. The first-order valence-corrected chi connectivity index (χ1v) is 5.54. The van der Waals surface area contributed by atoms with Crippen LogP contribution >= 0.6 is 11.6 Å². The Hall–Kier alpha value is -1.95. The molecule has 1 aromatic rings. The van der Waals surface area contributed by atoms with Crippen LogP contribution in [0.25, 0.3) is 0 Å². The van der Waals surface area contributed by atoms with E-state index in [2.05, 4.69) is 15.5 Å². The molecule has 0 radical (unpaired) electrons. The zero-order chi connectivity index (χ0) is 13.5. The van der Waals surface area contributed by atoms with Crippen molar-refractivity contribution in [3.8, 4) is 0 Å². The van der Waals surface area contributed by atoms with Crippen molar-refractivity contribution in [1.82, 2.24) is 10.4 Å². The van der Waals surface area contributed by atoms with Gasteiger partial charge in [0, 0.05) is 24.9 Å². The lowest BCUT2D eigenvalue weighted by Crippen LogP contribution is -2.14. The Morgan fingerprint density at radius 3 is 2.89 bits per heavy atom. The second-order valence-electron chi connectivity index (χ2n) is 3.23. The summed E-state index contributed by atoms with van der Waals surface area (Å²) in [5, 5.41) is 3.82. The molecule has 7 heteroatoms. The summed E-state index contributed by atoms with van der Waals surface area (Å²) >= 11 is 5.89. The van der Waals surface area contributed by atoms with Crippen LogP contribution in [0.15, 0.2) is 17.5 Å². The van der Waals surface area contributed by atoms with Gasteiger partial charge in [0.1, 0.15) is 0 Å². The van der Waals surface area contributed by atoms with E-state index in [4.69, 9.17) is 16.3 Å². The summed E-state index contributed by atoms with van der Waals surface area (Å²) in [6, 6.07) is 0. The predicted octanol–water partition coefficient (Wildman–Crippen LogP) is 1.38. The van der Waals surface area contributed by atoms with Gasteiger partial charge in [0.2, 0.25) is 5.91 Å². The molecule has 1 aromatic heterocycles. The predicted molar refractivity (Wildman–Crippen MR) is 66.6 cm³/mol. The van der Waals surface area contributed by atoms with Crippen molar-refractivity contribution >= 4 is 29.7 Å². The third-order valence-corrected chi connectivity index (χ3v) is 2.12. The number of nitrogens with one attached hydrogen (secondary N) is 1. The quantitative estimate of drug-likeness (QED) is 0.509. The topological polar surface area (TPSA) is 80.7 Å². The lowest BCUT2D eigenvalue weighted by atomic mass is 10.1. The molecule has 0 aliphatic carbocycles. The van der Waals surface area contributed by atoms with E-state index in [-0.39, 0.29) is 23.1 Å². The van der Waals surface area contributed by atoms with Gasteiger partial charge in [-0.05, 0) is 6.92 Å². The van der Waals surface area contributed by atoms with Gasteiger partial charge in [-0.15, -0.1) is 0 Å². The summed E-state index contributed by atoms with van der Waals surface area (Å²) in [6.45, 7) is 3.25. The van der Waals surface area contributed by atoms with E-state index in [0.29, 0.717) is 5.56 Å². The van der Waals surface area contributed by atoms with Crippen molar-refractivity contribution in [2.24, 2.45) is 5.10 Å². The fourth-order valence-electron chi connectivity index (χ4n) is 1.16. The second-order valence-corrected chi connectivity index (χ2v) is 3.64. The lowest BCUT2D eigenvalue weighted by Gasteiger charge is -2.06. The Morgan fingerprint density at radius 1 is 1.56 bits per heavy atom. The number of carbonyl (C=O) groups is 2. The number of halogens is 1. The van der Waals surface area contributed by atoms with Crippen molar-refractivity contribution in [1.29, 1.82) is 0 Å². The number of esters is 1. The van der Waals surface area contributed by atoms with E-state index in [0.717, 1.165) is 0 Å². The van der Waals surface area contributed by atoms with Gasteiger partial charge in [-0.3, -0.25) is 9.78 Å². The third-order valence-electron chi connectivity index (χ3n) is 1.83. The number of pyridine rings is 1. The molecule has 0 saturated carbocycles. The summed E-state index contributed by atoms with van der Waals surface area (Å²) in [5.74, 6) is -0.881. The number of hydrazone groups is 1. The van der Waals surface area contributed by atoms with Crippen LogP contribution in [0.4, 0.5) is 0 Å². The third kappa shape index (κ3) is 3.81. The molecule has 1 heterocycles. The number of hydrogen-bond donors (Lipinski definition) is 1. The maximum absolute atomic E-state index is 11.7. The van der Waals surface area contributed by atoms with Crippen LogP contribution in [0.5, 0.6) is 0 Å². The van der Waals surface area contributed by atoms with Crippen LogP contribution in [0.1, 0.15) is 29.8 Å². The number of rotatable bonds is 4. The van der Waals surface area contributed by atoms with Crippen LogP contribution in [-0.4, -0.2) is 29.7 Å². The fourth-order valence-corrected chi connectivity index (χ4v) is 1.40. The number of amides is 1. The normalized spacial score (nSPS) is 10.4. The molecular formula is C11H12ClN3O3. The standard InChI is InChI=1S/C11H12ClN3O3/c1-3-18-11(17)10-8(4-13-6-9(10)12)5-14-15-7(2)16/h4-6H,3H2,1-2H3,(H,15,16). The minimum absolute atomic E-state index is 0.167. The Labute approximate surface area is 109 Å². The summed E-state index contributed by atoms with van der Waals surface area (Å²) in [4.78, 5) is 26.2. The highest BCUT2D eigenvalue weighted by Crippen LogP contribution is 2.18. The van der Waals surface area contributed by atoms with E-state index in [1.54, 1.807) is 6.92 Å². The SMILES string of the molecule is CCOC(=O)c1c(Cl)cncc1C=NNC(C)=O. The first-order valence-electron chi connectivity index (χ1n) is 5.16. The first-order chi connectivity index (χ1) is 8.56. The van der Waals surface area contributed by atoms with Crippen LogP contribution in [0.2, 0.25) is 5.02 Å². The van der Waals surface area contributed by atoms with Crippen LogP contribution in [-0.2, 0) is 9.53 Å². The lowest BCUT2D eigenvalue weighted by molar-refractivity contribution is -0.118. The Morgan fingerprint density at radius 2 is 2.28 bits per heavy atom. The van der Waals surface area contributed by atoms with Crippen LogP contribution in [0, 0.1) is 0 Å². The second kappa shape index (κ2) is 6.70. The number of ether oxygens (including phenoxy) is 1. The van der Waals surface area contributed by atoms with Gasteiger partial charge in [-0.1, -0.05) is 11.6 Å². The molecule has 0 atom stereocenters. The maximum Gasteiger partial charge on any atom is 0.340 e. The molecule has 1 rings (SSSR count). The monoisotopic (exact) mass is 269 g/mol. The molecule has 1 N–H and O–H groups in total. The molecule has 0 spiro atoms. The molecule has 0 aliphatic heterocycles. The zero-order valence-corrected chi connectivity index (χ0v) is 10.7. The van der Waals surface area contributed by atoms with Gasteiger partial charge in [-0.25, -0.2) is 10.2 Å². The molecule has 0 unspecified atom stereocenters. The van der Waals surface area contributed by atoms with Crippen molar-refractivity contribution in [3.63, 3.8) is 0 Å². The zero-order valence-electron chi connectivity index (χ0n) is 9.94. The van der Waals surface area contributed by atoms with Crippen molar-refractivity contribution < 1.29 is 14.3 Å². The molecule has 0 saturated heterocycles. The van der Waals surface area contributed by atoms with E-state index in [9.17, 15) is 9.59 Å². The molecular weight excluding hydrogens is 258 g/mol. The number of nitrogens with zero attached hydrogens (tertiary/aromatic N) is 2. The average Bonchev–Trinajstić information content (AvgIpc) is 2.28. The van der Waals surface area contributed by atoms with Gasteiger partial charge in [0.25, 0.3) is 0 Å². The average molecular weight is 270 g/mol. The summed E-state index contributed by atoms with van der Waals surface area (Å²) < 4.78 is 4.88. The summed E-state index contributed by atoms with van der Waals surface area (Å²) in [5.41, 5.74) is 2.76. The van der Waals surface area contributed by atoms with Gasteiger partial charge in [0.15, 0.2) is 0 Å². The molecule has 0 aliphatic rings. The Bertz CT molecular complexity index is 488. The Kier molecular flexibility index (Phi) is 5.26. The fraction of sp³-hybridized carbons (Fsp3) is 0.273. The van der Waals surface area contributed by atoms with Crippen molar-refractivity contribution in [2.75, 3.05) is 6.61 Å². The smallest absolute Gasteiger partial charge is 0.340 e. The van der Waals surface area contributed by atoms with Crippen LogP contribution < -0.4 is 5.43 Å². The molecule has 6 nitrogen and oxygen atoms in total. The van der Waals surface area contributed by atoms with Gasteiger partial charge in [0.05, 0.1) is 23.4 Å². The molecule has 1 amide bonds. The van der Waals surface area contributed by atoms with Crippen molar-refractivity contribution in [2.45, 2.75) is 13.8 Å². The highest BCUT2D eigenvalue weighted by Gasteiger charge is 2.16. The molecule has 0 fully saturated rings.